The monoisotopic (exact) mass is 351 g/mol. The third-order valence-corrected chi connectivity index (χ3v) is 6.02. The van der Waals surface area contributed by atoms with Crippen LogP contribution in [0.1, 0.15) is 28.8 Å². The van der Waals surface area contributed by atoms with Gasteiger partial charge in [-0.25, -0.2) is 4.98 Å². The first kappa shape index (κ1) is 16.2. The van der Waals surface area contributed by atoms with Gasteiger partial charge in [0.15, 0.2) is 0 Å². The van der Waals surface area contributed by atoms with E-state index in [1.54, 1.807) is 6.33 Å². The van der Waals surface area contributed by atoms with Gasteiger partial charge in [-0.15, -0.1) is 11.8 Å². The lowest BCUT2D eigenvalue weighted by molar-refractivity contribution is 0.0727. The van der Waals surface area contributed by atoms with Crippen LogP contribution in [0.4, 0.5) is 0 Å². The van der Waals surface area contributed by atoms with Crippen molar-refractivity contribution in [3.8, 4) is 0 Å². The van der Waals surface area contributed by atoms with Crippen LogP contribution in [0.3, 0.4) is 0 Å². The molecule has 0 saturated carbocycles. The van der Waals surface area contributed by atoms with Crippen molar-refractivity contribution >= 4 is 28.7 Å². The number of H-pyrrole nitrogens is 1. The Hall–Kier alpha value is -2.27. The largest absolute Gasteiger partial charge is 0.345 e. The Kier molecular flexibility index (Phi) is 4.49. The van der Waals surface area contributed by atoms with Crippen LogP contribution in [0.15, 0.2) is 53.7 Å². The highest BCUT2D eigenvalue weighted by atomic mass is 32.2. The predicted octanol–water partition coefficient (Wildman–Crippen LogP) is 4.27. The molecule has 1 aliphatic heterocycles. The lowest BCUT2D eigenvalue weighted by Gasteiger charge is -2.31. The van der Waals surface area contributed by atoms with E-state index in [0.717, 1.165) is 42.5 Å². The summed E-state index contributed by atoms with van der Waals surface area (Å²) in [5.74, 6) is 0.121. The molecule has 2 heterocycles. The van der Waals surface area contributed by atoms with Crippen molar-refractivity contribution in [3.63, 3.8) is 0 Å². The zero-order valence-corrected chi connectivity index (χ0v) is 15.1. The summed E-state index contributed by atoms with van der Waals surface area (Å²) in [5.41, 5.74) is 3.84. The number of imidazole rings is 1. The number of aryl methyl sites for hydroxylation is 1. The Labute approximate surface area is 151 Å². The summed E-state index contributed by atoms with van der Waals surface area (Å²) < 4.78 is 0. The van der Waals surface area contributed by atoms with E-state index in [4.69, 9.17) is 0 Å². The van der Waals surface area contributed by atoms with Gasteiger partial charge in [0, 0.05) is 28.8 Å². The number of carbonyl (C=O) groups is 1. The second kappa shape index (κ2) is 6.92. The van der Waals surface area contributed by atoms with Crippen molar-refractivity contribution in [1.82, 2.24) is 14.9 Å². The lowest BCUT2D eigenvalue weighted by Crippen LogP contribution is -2.39. The number of carbonyl (C=O) groups excluding carboxylic acids is 1. The van der Waals surface area contributed by atoms with Gasteiger partial charge in [-0.2, -0.15) is 0 Å². The molecule has 128 valence electrons. The first-order valence-corrected chi connectivity index (χ1v) is 9.53. The van der Waals surface area contributed by atoms with Gasteiger partial charge in [-0.1, -0.05) is 17.7 Å². The van der Waals surface area contributed by atoms with Crippen molar-refractivity contribution in [3.05, 3.63) is 59.9 Å². The number of amides is 1. The molecule has 1 N–H and O–H groups in total. The van der Waals surface area contributed by atoms with E-state index < -0.39 is 0 Å². The molecule has 1 aliphatic rings. The topological polar surface area (TPSA) is 49.0 Å². The van der Waals surface area contributed by atoms with Crippen LogP contribution in [-0.4, -0.2) is 39.1 Å². The summed E-state index contributed by atoms with van der Waals surface area (Å²) in [6.07, 6.45) is 3.74. The Morgan fingerprint density at radius 3 is 2.84 bits per heavy atom. The highest BCUT2D eigenvalue weighted by Gasteiger charge is 2.24. The first-order chi connectivity index (χ1) is 12.2. The van der Waals surface area contributed by atoms with Crippen LogP contribution in [0.2, 0.25) is 0 Å². The molecule has 5 heteroatoms. The van der Waals surface area contributed by atoms with Crippen LogP contribution in [0, 0.1) is 6.92 Å². The third-order valence-electron chi connectivity index (χ3n) is 4.69. The number of hydrogen-bond acceptors (Lipinski definition) is 3. The fourth-order valence-electron chi connectivity index (χ4n) is 3.31. The van der Waals surface area contributed by atoms with Gasteiger partial charge in [-0.05, 0) is 50.1 Å². The molecule has 0 unspecified atom stereocenters. The quantitative estimate of drug-likeness (QED) is 0.767. The molecule has 1 amide bonds. The standard InChI is InChI=1S/C20H21N3OS/c1-14-3-2-4-17(11-14)25-16-7-9-23(10-8-16)20(24)15-5-6-18-19(12-15)22-13-21-18/h2-6,11-13,16H,7-10H2,1H3,(H,21,22). The van der Waals surface area contributed by atoms with E-state index >= 15 is 0 Å². The fraction of sp³-hybridized carbons (Fsp3) is 0.300. The van der Waals surface area contributed by atoms with Crippen molar-refractivity contribution < 1.29 is 4.79 Å². The molecule has 1 fully saturated rings. The molecule has 0 aliphatic carbocycles. The van der Waals surface area contributed by atoms with Crippen LogP contribution < -0.4 is 0 Å². The first-order valence-electron chi connectivity index (χ1n) is 8.65. The van der Waals surface area contributed by atoms with Gasteiger partial charge in [0.05, 0.1) is 17.4 Å². The summed E-state index contributed by atoms with van der Waals surface area (Å²) in [5, 5.41) is 0.584. The molecule has 3 aromatic rings. The van der Waals surface area contributed by atoms with Crippen LogP contribution >= 0.6 is 11.8 Å². The van der Waals surface area contributed by atoms with E-state index in [9.17, 15) is 4.79 Å². The highest BCUT2D eigenvalue weighted by Crippen LogP contribution is 2.31. The predicted molar refractivity (Wildman–Crippen MR) is 102 cm³/mol. The Morgan fingerprint density at radius 2 is 2.04 bits per heavy atom. The molecule has 0 atom stereocenters. The maximum Gasteiger partial charge on any atom is 0.253 e. The average Bonchev–Trinajstić information content (AvgIpc) is 3.09. The molecular weight excluding hydrogens is 330 g/mol. The van der Waals surface area contributed by atoms with Gasteiger partial charge in [0.1, 0.15) is 0 Å². The van der Waals surface area contributed by atoms with Crippen molar-refractivity contribution in [2.75, 3.05) is 13.1 Å². The third kappa shape index (κ3) is 3.56. The van der Waals surface area contributed by atoms with Crippen molar-refractivity contribution in [1.29, 1.82) is 0 Å². The summed E-state index contributed by atoms with van der Waals surface area (Å²) in [4.78, 5) is 23.3. The van der Waals surface area contributed by atoms with Gasteiger partial charge in [0.25, 0.3) is 5.91 Å². The molecule has 1 aromatic heterocycles. The number of rotatable bonds is 3. The van der Waals surface area contributed by atoms with Gasteiger partial charge < -0.3 is 9.88 Å². The minimum Gasteiger partial charge on any atom is -0.345 e. The van der Waals surface area contributed by atoms with Crippen molar-refractivity contribution in [2.24, 2.45) is 0 Å². The van der Waals surface area contributed by atoms with Crippen LogP contribution in [-0.2, 0) is 0 Å². The fourth-order valence-corrected chi connectivity index (χ4v) is 4.55. The van der Waals surface area contributed by atoms with Crippen molar-refractivity contribution in [2.45, 2.75) is 29.9 Å². The minimum absolute atomic E-state index is 0.121. The van der Waals surface area contributed by atoms with Crippen LogP contribution in [0.5, 0.6) is 0 Å². The van der Waals surface area contributed by atoms with Gasteiger partial charge in [-0.3, -0.25) is 4.79 Å². The summed E-state index contributed by atoms with van der Waals surface area (Å²) in [6, 6.07) is 14.3. The van der Waals surface area contributed by atoms with Crippen LogP contribution in [0.25, 0.3) is 11.0 Å². The molecular formula is C20H21N3OS. The number of hydrogen-bond donors (Lipinski definition) is 1. The lowest BCUT2D eigenvalue weighted by atomic mass is 10.1. The number of piperidine rings is 1. The number of aromatic amines is 1. The summed E-state index contributed by atoms with van der Waals surface area (Å²) >= 11 is 1.94. The zero-order chi connectivity index (χ0) is 17.2. The number of aromatic nitrogens is 2. The van der Waals surface area contributed by atoms with E-state index in [-0.39, 0.29) is 5.91 Å². The summed E-state index contributed by atoms with van der Waals surface area (Å²) in [6.45, 7) is 3.77. The highest BCUT2D eigenvalue weighted by molar-refractivity contribution is 8.00. The maximum atomic E-state index is 12.8. The zero-order valence-electron chi connectivity index (χ0n) is 14.2. The second-order valence-electron chi connectivity index (χ2n) is 6.56. The second-order valence-corrected chi connectivity index (χ2v) is 7.93. The molecule has 0 spiro atoms. The molecule has 0 radical (unpaired) electrons. The van der Waals surface area contributed by atoms with E-state index in [2.05, 4.69) is 41.2 Å². The number of nitrogens with one attached hydrogen (secondary N) is 1. The number of benzene rings is 2. The van der Waals surface area contributed by atoms with Gasteiger partial charge >= 0.3 is 0 Å². The Balaban J connectivity index is 1.38. The molecule has 2 aromatic carbocycles. The average molecular weight is 351 g/mol. The molecule has 25 heavy (non-hydrogen) atoms. The summed E-state index contributed by atoms with van der Waals surface area (Å²) in [7, 11) is 0. The smallest absolute Gasteiger partial charge is 0.253 e. The number of nitrogens with zero attached hydrogens (tertiary/aromatic N) is 2. The molecule has 1 saturated heterocycles. The molecule has 4 nitrogen and oxygen atoms in total. The minimum atomic E-state index is 0.121. The number of thioether (sulfide) groups is 1. The maximum absolute atomic E-state index is 12.8. The number of likely N-dealkylation sites (tertiary alicyclic amines) is 1. The Bertz CT molecular complexity index is 897. The SMILES string of the molecule is Cc1cccc(SC2CCN(C(=O)c3ccc4nc[nH]c4c3)CC2)c1. The normalized spacial score (nSPS) is 15.6. The van der Waals surface area contributed by atoms with Gasteiger partial charge in [0.2, 0.25) is 0 Å². The Morgan fingerprint density at radius 1 is 1.20 bits per heavy atom. The van der Waals surface area contributed by atoms with E-state index in [0.29, 0.717) is 5.25 Å². The molecule has 4 rings (SSSR count). The van der Waals surface area contributed by atoms with E-state index in [1.165, 1.54) is 10.5 Å². The molecule has 0 bridgehead atoms. The van der Waals surface area contributed by atoms with E-state index in [1.807, 2.05) is 34.9 Å². The number of fused-ring (bicyclic) bond motifs is 1.